The van der Waals surface area contributed by atoms with Gasteiger partial charge in [0.2, 0.25) is 11.8 Å². The number of allylic oxidation sites excluding steroid dienone is 1. The van der Waals surface area contributed by atoms with E-state index in [0.29, 0.717) is 61.4 Å². The van der Waals surface area contributed by atoms with E-state index in [9.17, 15) is 37.1 Å². The Morgan fingerprint density at radius 3 is 2.23 bits per heavy atom. The standard InChI is InChI=1S/C40H41F3N6O8/c1-3-27-29-23-24(7-12-31(29)48(35(27)44-2)26-10-8-25(9-11-26)40(41,42)43)36(51)46-16-18-56-20-22-57-21-19-55-17-15-45-30-6-4-5-28-34(30)39(54)49(38(28)53)32-13-14-33(50)47-37(32)52/h3-12,23,32,45H,13-22H2,1-2H3,(H,46,51)(H,47,50,52)/b27-3-,44-35?. The zero-order valence-electron chi connectivity index (χ0n) is 31.2. The lowest BCUT2D eigenvalue weighted by Crippen LogP contribution is -2.54. The van der Waals surface area contributed by atoms with Gasteiger partial charge < -0.3 is 24.8 Å². The fourth-order valence-corrected chi connectivity index (χ4v) is 6.81. The number of aliphatic imine (C=N–C) groups is 1. The van der Waals surface area contributed by atoms with Crippen LogP contribution < -0.4 is 20.9 Å². The molecule has 0 radical (unpaired) electrons. The Morgan fingerprint density at radius 1 is 0.895 bits per heavy atom. The van der Waals surface area contributed by atoms with Crippen LogP contribution in [0.2, 0.25) is 0 Å². The smallest absolute Gasteiger partial charge is 0.382 e. The van der Waals surface area contributed by atoms with E-state index in [4.69, 9.17) is 14.2 Å². The molecule has 1 fully saturated rings. The lowest BCUT2D eigenvalue weighted by molar-refractivity contribution is -0.138. The van der Waals surface area contributed by atoms with Crippen LogP contribution in [0.25, 0.3) is 5.57 Å². The number of anilines is 3. The predicted molar refractivity (Wildman–Crippen MR) is 203 cm³/mol. The number of hydrogen-bond donors (Lipinski definition) is 3. The predicted octanol–water partition coefficient (Wildman–Crippen LogP) is 4.58. The van der Waals surface area contributed by atoms with Crippen molar-refractivity contribution in [1.29, 1.82) is 0 Å². The van der Waals surface area contributed by atoms with Crippen molar-refractivity contribution in [3.63, 3.8) is 0 Å². The molecule has 3 heterocycles. The molecule has 0 bridgehead atoms. The van der Waals surface area contributed by atoms with Gasteiger partial charge in [0.25, 0.3) is 17.7 Å². The van der Waals surface area contributed by atoms with E-state index < -0.39 is 41.4 Å². The number of carbonyl (C=O) groups is 5. The van der Waals surface area contributed by atoms with Crippen LogP contribution in [0.3, 0.4) is 0 Å². The summed E-state index contributed by atoms with van der Waals surface area (Å²) in [6.45, 7) is 4.16. The van der Waals surface area contributed by atoms with Gasteiger partial charge in [0.1, 0.15) is 11.9 Å². The van der Waals surface area contributed by atoms with Crippen molar-refractivity contribution < 1.29 is 51.4 Å². The molecule has 57 heavy (non-hydrogen) atoms. The Kier molecular flexibility index (Phi) is 12.8. The van der Waals surface area contributed by atoms with Gasteiger partial charge in [-0.25, -0.2) is 0 Å². The molecule has 3 N–H and O–H groups in total. The number of carbonyl (C=O) groups excluding carboxylic acids is 5. The zero-order chi connectivity index (χ0) is 40.7. The number of alkyl halides is 3. The van der Waals surface area contributed by atoms with E-state index in [1.165, 1.54) is 18.2 Å². The number of imide groups is 2. The summed E-state index contributed by atoms with van der Waals surface area (Å²) in [6.07, 6.45) is -2.49. The fourth-order valence-electron chi connectivity index (χ4n) is 6.81. The number of fused-ring (bicyclic) bond motifs is 2. The molecule has 3 aliphatic heterocycles. The third-order valence-corrected chi connectivity index (χ3v) is 9.50. The molecule has 1 atom stereocenters. The Hall–Kier alpha value is -5.91. The number of ether oxygens (including phenoxy) is 3. The second-order valence-electron chi connectivity index (χ2n) is 13.1. The summed E-state index contributed by atoms with van der Waals surface area (Å²) in [5.41, 5.74) is 3.15. The average Bonchev–Trinajstić information content (AvgIpc) is 3.65. The van der Waals surface area contributed by atoms with Crippen molar-refractivity contribution in [2.24, 2.45) is 4.99 Å². The first-order valence-corrected chi connectivity index (χ1v) is 18.3. The largest absolute Gasteiger partial charge is 0.416 e. The number of amidine groups is 1. The molecule has 1 saturated heterocycles. The molecule has 0 aliphatic carbocycles. The summed E-state index contributed by atoms with van der Waals surface area (Å²) in [5.74, 6) is -2.03. The van der Waals surface area contributed by atoms with Crippen LogP contribution in [0, 0.1) is 0 Å². The summed E-state index contributed by atoms with van der Waals surface area (Å²) >= 11 is 0. The Bertz CT molecular complexity index is 2100. The summed E-state index contributed by atoms with van der Waals surface area (Å²) in [4.78, 5) is 70.1. The highest BCUT2D eigenvalue weighted by atomic mass is 19.4. The number of nitrogens with zero attached hydrogens (tertiary/aromatic N) is 3. The van der Waals surface area contributed by atoms with Crippen molar-refractivity contribution in [3.8, 4) is 0 Å². The molecule has 3 aromatic rings. The van der Waals surface area contributed by atoms with Gasteiger partial charge in [-0.3, -0.25) is 44.1 Å². The Balaban J connectivity index is 0.863. The number of benzene rings is 3. The van der Waals surface area contributed by atoms with Gasteiger partial charge in [-0.2, -0.15) is 13.2 Å². The minimum absolute atomic E-state index is 0.0414. The zero-order valence-corrected chi connectivity index (χ0v) is 31.2. The van der Waals surface area contributed by atoms with Crippen molar-refractivity contribution in [3.05, 3.63) is 94.6 Å². The average molecular weight is 791 g/mol. The van der Waals surface area contributed by atoms with Gasteiger partial charge in [-0.05, 0) is 67.9 Å². The minimum Gasteiger partial charge on any atom is -0.382 e. The molecule has 14 nitrogen and oxygen atoms in total. The summed E-state index contributed by atoms with van der Waals surface area (Å²) in [5, 5.41) is 8.12. The monoisotopic (exact) mass is 790 g/mol. The van der Waals surface area contributed by atoms with Crippen LogP contribution in [0.5, 0.6) is 0 Å². The summed E-state index contributed by atoms with van der Waals surface area (Å²) < 4.78 is 56.2. The minimum atomic E-state index is -4.45. The van der Waals surface area contributed by atoms with Crippen LogP contribution in [-0.2, 0) is 30.0 Å². The number of nitrogens with one attached hydrogen (secondary N) is 3. The maximum absolute atomic E-state index is 13.2. The van der Waals surface area contributed by atoms with Crippen molar-refractivity contribution in [2.45, 2.75) is 32.0 Å². The van der Waals surface area contributed by atoms with E-state index in [1.54, 1.807) is 42.3 Å². The number of hydrogen-bond acceptors (Lipinski definition) is 10. The SMILES string of the molecule is C/C=C1\C(=NC)N(c2ccc(C(F)(F)F)cc2)c2ccc(C(=O)NCCOCCOCCOCCNc3cccc4c3C(=O)N(C3CCC(=O)NC3=O)C4=O)cc21. The van der Waals surface area contributed by atoms with Gasteiger partial charge in [0, 0.05) is 54.6 Å². The molecule has 17 heteroatoms. The number of piperidine rings is 1. The first-order valence-electron chi connectivity index (χ1n) is 18.3. The van der Waals surface area contributed by atoms with Crippen LogP contribution >= 0.6 is 0 Å². The first-order chi connectivity index (χ1) is 27.4. The second-order valence-corrected chi connectivity index (χ2v) is 13.1. The van der Waals surface area contributed by atoms with Crippen LogP contribution in [0.1, 0.15) is 62.0 Å². The lowest BCUT2D eigenvalue weighted by atomic mass is 10.0. The molecule has 0 saturated carbocycles. The second kappa shape index (κ2) is 17.9. The molecular formula is C40H41F3N6O8. The van der Waals surface area contributed by atoms with E-state index in [2.05, 4.69) is 20.9 Å². The van der Waals surface area contributed by atoms with Crippen LogP contribution in [-0.4, -0.2) is 106 Å². The maximum atomic E-state index is 13.2. The molecular weight excluding hydrogens is 749 g/mol. The Labute approximate surface area is 326 Å². The third-order valence-electron chi connectivity index (χ3n) is 9.50. The van der Waals surface area contributed by atoms with Crippen LogP contribution in [0.15, 0.2) is 71.7 Å². The van der Waals surface area contributed by atoms with Crippen molar-refractivity contribution in [1.82, 2.24) is 15.5 Å². The molecule has 3 aliphatic rings. The number of amides is 5. The molecule has 5 amide bonds. The molecule has 6 rings (SSSR count). The van der Waals surface area contributed by atoms with Gasteiger partial charge in [0.05, 0.1) is 62.0 Å². The molecule has 300 valence electrons. The topological polar surface area (TPSA) is 168 Å². The molecule has 3 aromatic carbocycles. The summed E-state index contributed by atoms with van der Waals surface area (Å²) in [7, 11) is 1.60. The van der Waals surface area contributed by atoms with Crippen molar-refractivity contribution in [2.75, 3.05) is 70.0 Å². The quantitative estimate of drug-likeness (QED) is 0.138. The maximum Gasteiger partial charge on any atom is 0.416 e. The molecule has 1 unspecified atom stereocenters. The van der Waals surface area contributed by atoms with Gasteiger partial charge >= 0.3 is 6.18 Å². The highest BCUT2D eigenvalue weighted by molar-refractivity contribution is 6.37. The molecule has 0 aromatic heterocycles. The van der Waals surface area contributed by atoms with E-state index in [-0.39, 0.29) is 49.6 Å². The lowest BCUT2D eigenvalue weighted by Gasteiger charge is -2.27. The van der Waals surface area contributed by atoms with Gasteiger partial charge in [-0.15, -0.1) is 0 Å². The number of rotatable bonds is 16. The van der Waals surface area contributed by atoms with Crippen molar-refractivity contribution >= 4 is 58.0 Å². The number of halogens is 3. The fraction of sp³-hybridized carbons (Fsp3) is 0.350. The highest BCUT2D eigenvalue weighted by Crippen LogP contribution is 2.43. The van der Waals surface area contributed by atoms with E-state index in [0.717, 1.165) is 28.2 Å². The van der Waals surface area contributed by atoms with E-state index in [1.807, 2.05) is 13.0 Å². The van der Waals surface area contributed by atoms with Gasteiger partial charge in [0.15, 0.2) is 0 Å². The van der Waals surface area contributed by atoms with E-state index >= 15 is 0 Å². The normalized spacial score (nSPS) is 18.0. The highest BCUT2D eigenvalue weighted by Gasteiger charge is 2.45. The molecule has 0 spiro atoms. The summed E-state index contributed by atoms with van der Waals surface area (Å²) in [6, 6.07) is 13.8. The first kappa shape index (κ1) is 40.7. The van der Waals surface area contributed by atoms with Crippen LogP contribution in [0.4, 0.5) is 30.2 Å². The van der Waals surface area contributed by atoms with Gasteiger partial charge in [-0.1, -0.05) is 12.1 Å². The Morgan fingerprint density at radius 2 is 1.58 bits per heavy atom. The third kappa shape index (κ3) is 8.90.